The summed E-state index contributed by atoms with van der Waals surface area (Å²) in [5.74, 6) is 1.38. The Hall–Kier alpha value is -3.14. The molecule has 0 bridgehead atoms. The Labute approximate surface area is 114 Å². The highest BCUT2D eigenvalue weighted by molar-refractivity contribution is 5.77. The van der Waals surface area contributed by atoms with E-state index in [0.29, 0.717) is 34.3 Å². The van der Waals surface area contributed by atoms with Crippen LogP contribution in [0.3, 0.4) is 0 Å². The van der Waals surface area contributed by atoms with Gasteiger partial charge in [-0.3, -0.25) is 0 Å². The van der Waals surface area contributed by atoms with Crippen molar-refractivity contribution in [3.8, 4) is 17.7 Å². The van der Waals surface area contributed by atoms with Crippen molar-refractivity contribution < 1.29 is 4.74 Å². The summed E-state index contributed by atoms with van der Waals surface area (Å²) in [6, 6.07) is 8.84. The molecule has 7 nitrogen and oxygen atoms in total. The van der Waals surface area contributed by atoms with E-state index in [-0.39, 0.29) is 0 Å². The van der Waals surface area contributed by atoms with Gasteiger partial charge in [0, 0.05) is 7.05 Å². The molecule has 3 rings (SSSR count). The monoisotopic (exact) mass is 266 g/mol. The molecule has 0 fully saturated rings. The predicted molar refractivity (Wildman–Crippen MR) is 72.5 cm³/mol. The summed E-state index contributed by atoms with van der Waals surface area (Å²) < 4.78 is 5.72. The molecule has 0 atom stereocenters. The molecule has 0 amide bonds. The lowest BCUT2D eigenvalue weighted by atomic mass is 10.2. The van der Waals surface area contributed by atoms with Crippen LogP contribution in [0.4, 0.5) is 5.95 Å². The summed E-state index contributed by atoms with van der Waals surface area (Å²) in [6.07, 6.45) is 1.53. The highest BCUT2D eigenvalue weighted by Crippen LogP contribution is 2.26. The van der Waals surface area contributed by atoms with Gasteiger partial charge in [0.15, 0.2) is 5.65 Å². The van der Waals surface area contributed by atoms with Gasteiger partial charge >= 0.3 is 0 Å². The topological polar surface area (TPSA) is 99.5 Å². The van der Waals surface area contributed by atoms with Gasteiger partial charge in [0.05, 0.1) is 18.0 Å². The van der Waals surface area contributed by atoms with Crippen LogP contribution >= 0.6 is 0 Å². The molecule has 0 spiro atoms. The lowest BCUT2D eigenvalue weighted by Crippen LogP contribution is -1.99. The average Bonchev–Trinajstić information content (AvgIpc) is 2.96. The average molecular weight is 266 g/mol. The third kappa shape index (κ3) is 2.10. The van der Waals surface area contributed by atoms with Gasteiger partial charge in [0.2, 0.25) is 5.95 Å². The van der Waals surface area contributed by atoms with Crippen molar-refractivity contribution in [3.63, 3.8) is 0 Å². The van der Waals surface area contributed by atoms with Crippen LogP contribution in [0.2, 0.25) is 0 Å². The highest BCUT2D eigenvalue weighted by atomic mass is 16.5. The van der Waals surface area contributed by atoms with Crippen molar-refractivity contribution in [3.05, 3.63) is 36.2 Å². The Kier molecular flexibility index (Phi) is 2.89. The van der Waals surface area contributed by atoms with Crippen LogP contribution in [0.5, 0.6) is 11.6 Å². The van der Waals surface area contributed by atoms with Crippen molar-refractivity contribution in [2.24, 2.45) is 0 Å². The summed E-state index contributed by atoms with van der Waals surface area (Å²) >= 11 is 0. The molecular formula is C13H10N6O. The van der Waals surface area contributed by atoms with Crippen molar-refractivity contribution in [2.45, 2.75) is 0 Å². The van der Waals surface area contributed by atoms with Gasteiger partial charge in [-0.15, -0.1) is 0 Å². The Morgan fingerprint density at radius 1 is 1.25 bits per heavy atom. The summed E-state index contributed by atoms with van der Waals surface area (Å²) in [4.78, 5) is 15.5. The second kappa shape index (κ2) is 4.85. The van der Waals surface area contributed by atoms with Crippen molar-refractivity contribution in [1.82, 2.24) is 19.9 Å². The molecule has 7 heteroatoms. The van der Waals surface area contributed by atoms with Crippen molar-refractivity contribution >= 4 is 17.1 Å². The van der Waals surface area contributed by atoms with E-state index in [1.54, 1.807) is 31.3 Å². The van der Waals surface area contributed by atoms with E-state index in [1.165, 1.54) is 6.33 Å². The number of imidazole rings is 1. The van der Waals surface area contributed by atoms with Gasteiger partial charge < -0.3 is 15.0 Å². The number of aromatic amines is 1. The maximum absolute atomic E-state index is 8.77. The van der Waals surface area contributed by atoms with Crippen LogP contribution < -0.4 is 10.1 Å². The fourth-order valence-corrected chi connectivity index (χ4v) is 1.70. The molecule has 0 saturated carbocycles. The van der Waals surface area contributed by atoms with E-state index in [9.17, 15) is 0 Å². The Balaban J connectivity index is 2.00. The number of aromatic nitrogens is 4. The summed E-state index contributed by atoms with van der Waals surface area (Å²) in [6.45, 7) is 0. The molecule has 3 aromatic rings. The zero-order valence-corrected chi connectivity index (χ0v) is 10.6. The Morgan fingerprint density at radius 3 is 2.75 bits per heavy atom. The fraction of sp³-hybridized carbons (Fsp3) is 0.0769. The number of anilines is 1. The summed E-state index contributed by atoms with van der Waals surface area (Å²) in [7, 11) is 1.72. The van der Waals surface area contributed by atoms with E-state index in [0.717, 1.165) is 0 Å². The van der Waals surface area contributed by atoms with Crippen LogP contribution in [-0.2, 0) is 0 Å². The molecule has 0 aliphatic heterocycles. The third-order valence-corrected chi connectivity index (χ3v) is 2.67. The van der Waals surface area contributed by atoms with Gasteiger partial charge in [0.25, 0.3) is 5.88 Å². The van der Waals surface area contributed by atoms with Gasteiger partial charge in [-0.25, -0.2) is 4.98 Å². The second-order valence-corrected chi connectivity index (χ2v) is 3.94. The Morgan fingerprint density at radius 2 is 2.05 bits per heavy atom. The van der Waals surface area contributed by atoms with E-state index in [4.69, 9.17) is 10.00 Å². The summed E-state index contributed by atoms with van der Waals surface area (Å²) in [5.41, 5.74) is 1.71. The number of rotatable bonds is 3. The smallest absolute Gasteiger partial charge is 0.250 e. The number of nitriles is 1. The largest absolute Gasteiger partial charge is 0.437 e. The van der Waals surface area contributed by atoms with Crippen LogP contribution in [-0.4, -0.2) is 27.0 Å². The minimum Gasteiger partial charge on any atom is -0.437 e. The SMILES string of the molecule is CNc1nc(Oc2ccc(C#N)cc2)c2[nH]cnc2n1. The van der Waals surface area contributed by atoms with E-state index in [1.807, 2.05) is 0 Å². The molecule has 2 aromatic heterocycles. The number of ether oxygens (including phenoxy) is 1. The number of benzene rings is 1. The van der Waals surface area contributed by atoms with E-state index in [2.05, 4.69) is 31.3 Å². The number of H-pyrrole nitrogens is 1. The third-order valence-electron chi connectivity index (χ3n) is 2.67. The first-order valence-corrected chi connectivity index (χ1v) is 5.87. The number of fused-ring (bicyclic) bond motifs is 1. The summed E-state index contributed by atoms with van der Waals surface area (Å²) in [5, 5.41) is 11.6. The van der Waals surface area contributed by atoms with Gasteiger partial charge in [-0.1, -0.05) is 0 Å². The van der Waals surface area contributed by atoms with Crippen molar-refractivity contribution in [1.29, 1.82) is 5.26 Å². The minimum absolute atomic E-state index is 0.376. The molecule has 2 N–H and O–H groups in total. The molecule has 0 radical (unpaired) electrons. The molecule has 98 valence electrons. The number of hydrogen-bond donors (Lipinski definition) is 2. The molecule has 20 heavy (non-hydrogen) atoms. The lowest BCUT2D eigenvalue weighted by Gasteiger charge is -2.07. The van der Waals surface area contributed by atoms with E-state index >= 15 is 0 Å². The molecule has 2 heterocycles. The maximum Gasteiger partial charge on any atom is 0.250 e. The number of nitrogens with one attached hydrogen (secondary N) is 2. The second-order valence-electron chi connectivity index (χ2n) is 3.94. The van der Waals surface area contributed by atoms with Crippen LogP contribution in [0.1, 0.15) is 5.56 Å². The van der Waals surface area contributed by atoms with Gasteiger partial charge in [0.1, 0.15) is 11.3 Å². The normalized spacial score (nSPS) is 10.2. The molecule has 1 aromatic carbocycles. The molecular weight excluding hydrogens is 256 g/mol. The predicted octanol–water partition coefficient (Wildman–Crippen LogP) is 2.06. The van der Waals surface area contributed by atoms with Crippen LogP contribution in [0.25, 0.3) is 11.2 Å². The van der Waals surface area contributed by atoms with Gasteiger partial charge in [-0.05, 0) is 24.3 Å². The first kappa shape index (κ1) is 11.9. The zero-order chi connectivity index (χ0) is 13.9. The molecule has 0 aliphatic carbocycles. The first-order valence-electron chi connectivity index (χ1n) is 5.87. The van der Waals surface area contributed by atoms with Crippen molar-refractivity contribution in [2.75, 3.05) is 12.4 Å². The number of hydrogen-bond acceptors (Lipinski definition) is 6. The minimum atomic E-state index is 0.376. The Bertz CT molecular complexity index is 787. The van der Waals surface area contributed by atoms with E-state index < -0.39 is 0 Å². The lowest BCUT2D eigenvalue weighted by molar-refractivity contribution is 0.468. The van der Waals surface area contributed by atoms with Crippen LogP contribution in [0.15, 0.2) is 30.6 Å². The molecule has 0 unspecified atom stereocenters. The standard InChI is InChI=1S/C13H10N6O/c1-15-13-18-11-10(16-7-17-11)12(19-13)20-9-4-2-8(6-14)3-5-9/h2-5,7H,1H3,(H2,15,16,17,18,19). The quantitative estimate of drug-likeness (QED) is 0.752. The maximum atomic E-state index is 8.77. The molecule has 0 aliphatic rings. The first-order chi connectivity index (χ1) is 9.80. The van der Waals surface area contributed by atoms with Gasteiger partial charge in [-0.2, -0.15) is 15.2 Å². The fourth-order valence-electron chi connectivity index (χ4n) is 1.70. The zero-order valence-electron chi connectivity index (χ0n) is 10.6. The highest BCUT2D eigenvalue weighted by Gasteiger charge is 2.11. The molecule has 0 saturated heterocycles. The van der Waals surface area contributed by atoms with Crippen LogP contribution in [0, 0.1) is 11.3 Å². The number of nitrogens with zero attached hydrogens (tertiary/aromatic N) is 4.